The third kappa shape index (κ3) is 5.16. The fourth-order valence-electron chi connectivity index (χ4n) is 4.10. The smallest absolute Gasteiger partial charge is 0.415 e. The molecule has 9 heteroatoms. The summed E-state index contributed by atoms with van der Waals surface area (Å²) in [4.78, 5) is 24.4. The van der Waals surface area contributed by atoms with Crippen LogP contribution in [0.1, 0.15) is 37.9 Å². The van der Waals surface area contributed by atoms with E-state index in [0.717, 1.165) is 38.3 Å². The van der Waals surface area contributed by atoms with E-state index in [1.807, 2.05) is 20.8 Å². The number of nitrogens with zero attached hydrogens (tertiary/aromatic N) is 4. The molecule has 0 radical (unpaired) electrons. The molecule has 1 amide bonds. The number of carbonyl (C=O) groups is 1. The minimum absolute atomic E-state index is 0.135. The maximum Gasteiger partial charge on any atom is 0.415 e. The van der Waals surface area contributed by atoms with E-state index in [1.165, 1.54) is 16.5 Å². The van der Waals surface area contributed by atoms with Gasteiger partial charge in [-0.2, -0.15) is 14.4 Å². The zero-order valence-corrected chi connectivity index (χ0v) is 18.8. The molecule has 2 aliphatic heterocycles. The lowest BCUT2D eigenvalue weighted by Gasteiger charge is -2.27. The Kier molecular flexibility index (Phi) is 6.86. The van der Waals surface area contributed by atoms with Gasteiger partial charge in [-0.05, 0) is 24.0 Å². The third-order valence-electron chi connectivity index (χ3n) is 6.04. The van der Waals surface area contributed by atoms with E-state index in [4.69, 9.17) is 4.74 Å². The van der Waals surface area contributed by atoms with Crippen LogP contribution in [-0.4, -0.2) is 59.8 Å². The quantitative estimate of drug-likeness (QED) is 0.638. The molecule has 1 unspecified atom stereocenters. The predicted molar refractivity (Wildman–Crippen MR) is 121 cm³/mol. The predicted octanol–water partition coefficient (Wildman–Crippen LogP) is 3.18. The van der Waals surface area contributed by atoms with Crippen molar-refractivity contribution in [2.75, 3.05) is 43.0 Å². The fourth-order valence-corrected chi connectivity index (χ4v) is 4.10. The molecule has 32 heavy (non-hydrogen) atoms. The summed E-state index contributed by atoms with van der Waals surface area (Å²) in [6.45, 7) is 11.3. The Morgan fingerprint density at radius 3 is 2.59 bits per heavy atom. The van der Waals surface area contributed by atoms with Gasteiger partial charge in [0.2, 0.25) is 11.9 Å². The summed E-state index contributed by atoms with van der Waals surface area (Å²) in [5.41, 5.74) is 2.31. The van der Waals surface area contributed by atoms with Gasteiger partial charge in [0, 0.05) is 38.8 Å². The number of cyclic esters (lactones) is 1. The lowest BCUT2D eigenvalue weighted by atomic mass is 10.0. The van der Waals surface area contributed by atoms with Crippen LogP contribution in [0.25, 0.3) is 0 Å². The van der Waals surface area contributed by atoms with E-state index in [0.29, 0.717) is 0 Å². The molecule has 4 rings (SSSR count). The van der Waals surface area contributed by atoms with E-state index >= 15 is 0 Å². The SMILES string of the molecule is CC(C)C1COC(=O)N1c1cc(F)nc(N[C@@H](C)c2ccc(CN3CCNCC3)cc2)n1. The number of ether oxygens (including phenoxy) is 1. The molecule has 2 aliphatic rings. The van der Waals surface area contributed by atoms with E-state index in [-0.39, 0.29) is 36.4 Å². The van der Waals surface area contributed by atoms with Gasteiger partial charge in [-0.3, -0.25) is 9.80 Å². The molecule has 2 atom stereocenters. The summed E-state index contributed by atoms with van der Waals surface area (Å²) in [7, 11) is 0. The molecule has 2 fully saturated rings. The summed E-state index contributed by atoms with van der Waals surface area (Å²) >= 11 is 0. The standard InChI is InChI=1S/C23H31FN6O2/c1-15(2)19-14-32-23(31)30(19)21-12-20(24)27-22(28-21)26-16(3)18-6-4-17(5-7-18)13-29-10-8-25-9-11-29/h4-7,12,15-16,19,25H,8-11,13-14H2,1-3H3,(H,26,27,28)/t16-,19?/m0/s1. The number of benzene rings is 1. The molecular formula is C23H31FN6O2. The number of aromatic nitrogens is 2. The van der Waals surface area contributed by atoms with Crippen molar-refractivity contribution in [3.8, 4) is 0 Å². The van der Waals surface area contributed by atoms with Gasteiger partial charge in [0.1, 0.15) is 12.4 Å². The van der Waals surface area contributed by atoms with Crippen LogP contribution in [0.3, 0.4) is 0 Å². The van der Waals surface area contributed by atoms with Crippen molar-refractivity contribution in [1.29, 1.82) is 0 Å². The first-order chi connectivity index (χ1) is 15.4. The first kappa shape index (κ1) is 22.4. The second-order valence-electron chi connectivity index (χ2n) is 8.76. The Labute approximate surface area is 188 Å². The fraction of sp³-hybridized carbons (Fsp3) is 0.522. The summed E-state index contributed by atoms with van der Waals surface area (Å²) in [5, 5.41) is 6.53. The van der Waals surface area contributed by atoms with Crippen molar-refractivity contribution in [2.24, 2.45) is 5.92 Å². The van der Waals surface area contributed by atoms with Gasteiger partial charge < -0.3 is 15.4 Å². The first-order valence-electron chi connectivity index (χ1n) is 11.2. The topological polar surface area (TPSA) is 82.6 Å². The normalized spacial score (nSPS) is 20.5. The zero-order chi connectivity index (χ0) is 22.7. The average Bonchev–Trinajstić information content (AvgIpc) is 3.16. The van der Waals surface area contributed by atoms with Gasteiger partial charge in [-0.1, -0.05) is 38.1 Å². The van der Waals surface area contributed by atoms with Gasteiger partial charge in [0.15, 0.2) is 0 Å². The maximum atomic E-state index is 14.3. The Balaban J connectivity index is 1.45. The molecule has 2 saturated heterocycles. The highest BCUT2D eigenvalue weighted by Crippen LogP contribution is 2.27. The monoisotopic (exact) mass is 442 g/mol. The van der Waals surface area contributed by atoms with E-state index in [2.05, 4.69) is 49.8 Å². The second kappa shape index (κ2) is 9.79. The molecule has 0 saturated carbocycles. The van der Waals surface area contributed by atoms with Crippen LogP contribution in [0.15, 0.2) is 30.3 Å². The van der Waals surface area contributed by atoms with Crippen LogP contribution < -0.4 is 15.5 Å². The van der Waals surface area contributed by atoms with Crippen LogP contribution in [0, 0.1) is 11.9 Å². The number of halogens is 1. The van der Waals surface area contributed by atoms with Gasteiger partial charge >= 0.3 is 6.09 Å². The lowest BCUT2D eigenvalue weighted by molar-refractivity contribution is 0.177. The van der Waals surface area contributed by atoms with Crippen LogP contribution >= 0.6 is 0 Å². The molecule has 8 nitrogen and oxygen atoms in total. The summed E-state index contributed by atoms with van der Waals surface area (Å²) in [6, 6.07) is 9.24. The molecular weight excluding hydrogens is 411 g/mol. The number of hydrogen-bond donors (Lipinski definition) is 2. The van der Waals surface area contributed by atoms with Crippen molar-refractivity contribution >= 4 is 17.9 Å². The average molecular weight is 443 g/mol. The van der Waals surface area contributed by atoms with E-state index < -0.39 is 12.0 Å². The van der Waals surface area contributed by atoms with Gasteiger partial charge in [0.05, 0.1) is 12.1 Å². The number of piperazine rings is 1. The first-order valence-corrected chi connectivity index (χ1v) is 11.2. The highest BCUT2D eigenvalue weighted by atomic mass is 19.1. The van der Waals surface area contributed by atoms with Crippen molar-refractivity contribution in [2.45, 2.75) is 39.4 Å². The molecule has 1 aromatic carbocycles. The van der Waals surface area contributed by atoms with E-state index in [9.17, 15) is 9.18 Å². The maximum absolute atomic E-state index is 14.3. The van der Waals surface area contributed by atoms with E-state index in [1.54, 1.807) is 0 Å². The number of amides is 1. The number of nitrogens with one attached hydrogen (secondary N) is 2. The zero-order valence-electron chi connectivity index (χ0n) is 18.8. The van der Waals surface area contributed by atoms with Crippen molar-refractivity contribution in [1.82, 2.24) is 20.2 Å². The van der Waals surface area contributed by atoms with Crippen molar-refractivity contribution < 1.29 is 13.9 Å². The molecule has 2 aromatic rings. The number of carbonyl (C=O) groups excluding carboxylic acids is 1. The Hall–Kier alpha value is -2.78. The third-order valence-corrected chi connectivity index (χ3v) is 6.04. The Morgan fingerprint density at radius 2 is 1.91 bits per heavy atom. The van der Waals surface area contributed by atoms with Crippen LogP contribution in [0.5, 0.6) is 0 Å². The number of hydrogen-bond acceptors (Lipinski definition) is 7. The summed E-state index contributed by atoms with van der Waals surface area (Å²) < 4.78 is 19.5. The van der Waals surface area contributed by atoms with Crippen LogP contribution in [0.4, 0.5) is 21.0 Å². The number of rotatable bonds is 7. The molecule has 3 heterocycles. The Morgan fingerprint density at radius 1 is 1.19 bits per heavy atom. The molecule has 172 valence electrons. The largest absolute Gasteiger partial charge is 0.447 e. The number of anilines is 2. The molecule has 1 aromatic heterocycles. The summed E-state index contributed by atoms with van der Waals surface area (Å²) in [6.07, 6.45) is -0.513. The second-order valence-corrected chi connectivity index (χ2v) is 8.76. The van der Waals surface area contributed by atoms with Gasteiger partial charge in [-0.25, -0.2) is 4.79 Å². The molecule has 0 spiro atoms. The van der Waals surface area contributed by atoms with Crippen molar-refractivity contribution in [3.63, 3.8) is 0 Å². The minimum Gasteiger partial charge on any atom is -0.447 e. The molecule has 0 bridgehead atoms. The van der Waals surface area contributed by atoms with Crippen LogP contribution in [-0.2, 0) is 11.3 Å². The molecule has 2 N–H and O–H groups in total. The Bertz CT molecular complexity index is 933. The van der Waals surface area contributed by atoms with Gasteiger partial charge in [-0.15, -0.1) is 0 Å². The van der Waals surface area contributed by atoms with Crippen LogP contribution in [0.2, 0.25) is 0 Å². The lowest BCUT2D eigenvalue weighted by Crippen LogP contribution is -2.42. The van der Waals surface area contributed by atoms with Gasteiger partial charge in [0.25, 0.3) is 0 Å². The summed E-state index contributed by atoms with van der Waals surface area (Å²) in [5.74, 6) is -0.202. The molecule has 0 aliphatic carbocycles. The minimum atomic E-state index is -0.696. The highest BCUT2D eigenvalue weighted by Gasteiger charge is 2.37. The highest BCUT2D eigenvalue weighted by molar-refractivity contribution is 5.89. The van der Waals surface area contributed by atoms with Crippen molar-refractivity contribution in [3.05, 3.63) is 47.4 Å².